The monoisotopic (exact) mass is 289 g/mol. The normalized spacial score (nSPS) is 14.5. The zero-order chi connectivity index (χ0) is 13.6. The van der Waals surface area contributed by atoms with Crippen molar-refractivity contribution in [1.29, 1.82) is 0 Å². The fourth-order valence-electron chi connectivity index (χ4n) is 1.66. The van der Waals surface area contributed by atoms with Crippen molar-refractivity contribution in [2.75, 3.05) is 12.9 Å². The molecule has 1 unspecified atom stereocenters. The molecule has 0 amide bonds. The van der Waals surface area contributed by atoms with Gasteiger partial charge in [-0.3, -0.25) is 10.1 Å². The number of hydrogen-bond donors (Lipinski definition) is 1. The molecule has 0 saturated heterocycles. The number of nitrogens with one attached hydrogen (secondary N) is 1. The van der Waals surface area contributed by atoms with E-state index in [1.54, 1.807) is 17.3 Å². The summed E-state index contributed by atoms with van der Waals surface area (Å²) in [7, 11) is 1.42. The second-order valence-corrected chi connectivity index (χ2v) is 6.60. The SMILES string of the molecule is COC(=O)C(C)(CCSc1nncs1)NC(C)C. The van der Waals surface area contributed by atoms with Crippen molar-refractivity contribution < 1.29 is 9.53 Å². The maximum absolute atomic E-state index is 11.8. The van der Waals surface area contributed by atoms with Crippen molar-refractivity contribution in [3.8, 4) is 0 Å². The third kappa shape index (κ3) is 4.55. The van der Waals surface area contributed by atoms with Gasteiger partial charge in [-0.25, -0.2) is 0 Å². The number of carbonyl (C=O) groups is 1. The zero-order valence-electron chi connectivity index (χ0n) is 11.1. The van der Waals surface area contributed by atoms with Crippen molar-refractivity contribution in [3.63, 3.8) is 0 Å². The molecule has 0 aliphatic carbocycles. The largest absolute Gasteiger partial charge is 0.468 e. The standard InChI is InChI=1S/C11H19N3O2S2/c1-8(2)13-11(3,9(15)16-4)5-6-17-10-14-12-7-18-10/h7-8,13H,5-6H2,1-4H3. The maximum atomic E-state index is 11.8. The van der Waals surface area contributed by atoms with Crippen LogP contribution < -0.4 is 5.32 Å². The van der Waals surface area contributed by atoms with Crippen LogP contribution in [-0.4, -0.2) is 40.6 Å². The van der Waals surface area contributed by atoms with Gasteiger partial charge in [0.15, 0.2) is 4.34 Å². The summed E-state index contributed by atoms with van der Waals surface area (Å²) in [5, 5.41) is 11.0. The van der Waals surface area contributed by atoms with E-state index in [2.05, 4.69) is 15.5 Å². The van der Waals surface area contributed by atoms with Crippen LogP contribution in [0, 0.1) is 0 Å². The van der Waals surface area contributed by atoms with Gasteiger partial charge in [0.1, 0.15) is 11.0 Å². The molecule has 0 saturated carbocycles. The van der Waals surface area contributed by atoms with Crippen LogP contribution in [-0.2, 0) is 9.53 Å². The van der Waals surface area contributed by atoms with E-state index in [-0.39, 0.29) is 12.0 Å². The average Bonchev–Trinajstić information content (AvgIpc) is 2.80. The highest BCUT2D eigenvalue weighted by Crippen LogP contribution is 2.23. The highest BCUT2D eigenvalue weighted by atomic mass is 32.2. The number of carbonyl (C=O) groups excluding carboxylic acids is 1. The summed E-state index contributed by atoms with van der Waals surface area (Å²) >= 11 is 3.11. The second kappa shape index (κ2) is 7.06. The minimum atomic E-state index is -0.652. The Kier molecular flexibility index (Phi) is 6.04. The van der Waals surface area contributed by atoms with E-state index >= 15 is 0 Å². The first kappa shape index (κ1) is 15.4. The Morgan fingerprint density at radius 3 is 2.89 bits per heavy atom. The molecule has 1 heterocycles. The molecule has 1 atom stereocenters. The molecule has 1 N–H and O–H groups in total. The molecule has 7 heteroatoms. The Morgan fingerprint density at radius 1 is 1.67 bits per heavy atom. The van der Waals surface area contributed by atoms with Gasteiger partial charge in [-0.05, 0) is 27.2 Å². The lowest BCUT2D eigenvalue weighted by Crippen LogP contribution is -2.53. The first-order valence-electron chi connectivity index (χ1n) is 5.73. The molecular formula is C11H19N3O2S2. The summed E-state index contributed by atoms with van der Waals surface area (Å²) in [5.41, 5.74) is 1.05. The van der Waals surface area contributed by atoms with Crippen molar-refractivity contribution >= 4 is 29.1 Å². The minimum absolute atomic E-state index is 0.223. The van der Waals surface area contributed by atoms with Gasteiger partial charge in [-0.2, -0.15) is 0 Å². The first-order chi connectivity index (χ1) is 8.48. The Hall–Kier alpha value is -0.660. The zero-order valence-corrected chi connectivity index (χ0v) is 12.7. The average molecular weight is 289 g/mol. The highest BCUT2D eigenvalue weighted by molar-refractivity contribution is 8.00. The summed E-state index contributed by atoms with van der Waals surface area (Å²) in [6, 6.07) is 0.223. The van der Waals surface area contributed by atoms with Gasteiger partial charge >= 0.3 is 5.97 Å². The van der Waals surface area contributed by atoms with E-state index in [0.29, 0.717) is 6.42 Å². The molecule has 1 aromatic rings. The predicted molar refractivity (Wildman–Crippen MR) is 73.9 cm³/mol. The Bertz CT molecular complexity index is 370. The predicted octanol–water partition coefficient (Wildman–Crippen LogP) is 1.95. The molecule has 0 fully saturated rings. The lowest BCUT2D eigenvalue weighted by Gasteiger charge is -2.29. The lowest BCUT2D eigenvalue weighted by molar-refractivity contribution is -0.148. The number of thioether (sulfide) groups is 1. The Balaban J connectivity index is 2.53. The molecule has 1 rings (SSSR count). The first-order valence-corrected chi connectivity index (χ1v) is 7.59. The van der Waals surface area contributed by atoms with Crippen LogP contribution in [0.15, 0.2) is 9.85 Å². The molecule has 0 aromatic carbocycles. The number of rotatable bonds is 7. The number of hydrogen-bond acceptors (Lipinski definition) is 7. The van der Waals surface area contributed by atoms with Crippen LogP contribution in [0.1, 0.15) is 27.2 Å². The fourth-order valence-corrected chi connectivity index (χ4v) is 3.38. The third-order valence-corrected chi connectivity index (χ3v) is 4.27. The topological polar surface area (TPSA) is 64.1 Å². The van der Waals surface area contributed by atoms with Gasteiger partial charge in [-0.1, -0.05) is 23.1 Å². The Morgan fingerprint density at radius 2 is 2.39 bits per heavy atom. The van der Waals surface area contributed by atoms with Crippen molar-refractivity contribution in [2.45, 2.75) is 43.1 Å². The molecule has 18 heavy (non-hydrogen) atoms. The van der Waals surface area contributed by atoms with Gasteiger partial charge in [-0.15, -0.1) is 10.2 Å². The molecule has 0 aliphatic heterocycles. The molecule has 0 aliphatic rings. The van der Waals surface area contributed by atoms with Crippen molar-refractivity contribution in [1.82, 2.24) is 15.5 Å². The molecule has 1 aromatic heterocycles. The third-order valence-electron chi connectivity index (χ3n) is 2.41. The van der Waals surface area contributed by atoms with Gasteiger partial charge in [0, 0.05) is 11.8 Å². The number of esters is 1. The maximum Gasteiger partial charge on any atom is 0.325 e. The number of ether oxygens (including phenoxy) is 1. The molecule has 0 spiro atoms. The van der Waals surface area contributed by atoms with Crippen LogP contribution in [0.5, 0.6) is 0 Å². The van der Waals surface area contributed by atoms with Crippen molar-refractivity contribution in [2.24, 2.45) is 0 Å². The smallest absolute Gasteiger partial charge is 0.325 e. The summed E-state index contributed by atoms with van der Waals surface area (Å²) in [4.78, 5) is 11.8. The molecule has 102 valence electrons. The summed E-state index contributed by atoms with van der Waals surface area (Å²) in [6.45, 7) is 5.90. The van der Waals surface area contributed by atoms with Crippen LogP contribution in [0.2, 0.25) is 0 Å². The summed E-state index contributed by atoms with van der Waals surface area (Å²) in [5.74, 6) is 0.564. The van der Waals surface area contributed by atoms with E-state index in [0.717, 1.165) is 10.1 Å². The van der Waals surface area contributed by atoms with Gasteiger partial charge in [0.25, 0.3) is 0 Å². The van der Waals surface area contributed by atoms with E-state index < -0.39 is 5.54 Å². The minimum Gasteiger partial charge on any atom is -0.468 e. The van der Waals surface area contributed by atoms with Crippen LogP contribution in [0.25, 0.3) is 0 Å². The van der Waals surface area contributed by atoms with E-state index in [1.807, 2.05) is 20.8 Å². The van der Waals surface area contributed by atoms with Gasteiger partial charge in [0.2, 0.25) is 0 Å². The molecular weight excluding hydrogens is 270 g/mol. The molecule has 5 nitrogen and oxygen atoms in total. The second-order valence-electron chi connectivity index (χ2n) is 4.43. The van der Waals surface area contributed by atoms with Gasteiger partial charge in [0.05, 0.1) is 7.11 Å². The molecule has 0 bridgehead atoms. The number of methoxy groups -OCH3 is 1. The lowest BCUT2D eigenvalue weighted by atomic mass is 9.98. The Labute approximate surface area is 116 Å². The number of aromatic nitrogens is 2. The van der Waals surface area contributed by atoms with Crippen LogP contribution in [0.4, 0.5) is 0 Å². The highest BCUT2D eigenvalue weighted by Gasteiger charge is 2.34. The number of nitrogens with zero attached hydrogens (tertiary/aromatic N) is 2. The van der Waals surface area contributed by atoms with Crippen LogP contribution in [0.3, 0.4) is 0 Å². The van der Waals surface area contributed by atoms with Crippen molar-refractivity contribution in [3.05, 3.63) is 5.51 Å². The van der Waals surface area contributed by atoms with E-state index in [9.17, 15) is 4.79 Å². The van der Waals surface area contributed by atoms with E-state index in [4.69, 9.17) is 4.74 Å². The van der Waals surface area contributed by atoms with Crippen LogP contribution >= 0.6 is 23.1 Å². The summed E-state index contributed by atoms with van der Waals surface area (Å²) in [6.07, 6.45) is 0.683. The molecule has 0 radical (unpaired) electrons. The van der Waals surface area contributed by atoms with Gasteiger partial charge < -0.3 is 4.74 Å². The quantitative estimate of drug-likeness (QED) is 0.611. The fraction of sp³-hybridized carbons (Fsp3) is 0.727. The van der Waals surface area contributed by atoms with E-state index in [1.165, 1.54) is 18.4 Å². The summed E-state index contributed by atoms with van der Waals surface area (Å²) < 4.78 is 5.79.